The molecule has 4 aliphatic rings. The summed E-state index contributed by atoms with van der Waals surface area (Å²) in [5.41, 5.74) is 3.80. The minimum absolute atomic E-state index is 0.00132. The van der Waals surface area contributed by atoms with Gasteiger partial charge < -0.3 is 4.74 Å². The predicted octanol–water partition coefficient (Wildman–Crippen LogP) is 8.44. The molecule has 2 heteroatoms. The molecular weight excluding hydrogens is 404 g/mol. The summed E-state index contributed by atoms with van der Waals surface area (Å²) in [4.78, 5) is 12.1. The summed E-state index contributed by atoms with van der Waals surface area (Å²) in [5.74, 6) is 4.01. The fourth-order valence-electron chi connectivity index (χ4n) is 8.64. The number of esters is 1. The minimum Gasteiger partial charge on any atom is -0.462 e. The second-order valence-corrected chi connectivity index (χ2v) is 12.6. The summed E-state index contributed by atoms with van der Waals surface area (Å²) < 4.78 is 5.84. The van der Waals surface area contributed by atoms with Crippen LogP contribution in [0.25, 0.3) is 0 Å². The van der Waals surface area contributed by atoms with Crippen molar-refractivity contribution in [1.29, 1.82) is 0 Å². The van der Waals surface area contributed by atoms with E-state index in [9.17, 15) is 4.79 Å². The van der Waals surface area contributed by atoms with E-state index in [0.29, 0.717) is 23.2 Å². The Bertz CT molecular complexity index is 815. The van der Waals surface area contributed by atoms with Crippen molar-refractivity contribution in [1.82, 2.24) is 0 Å². The highest BCUT2D eigenvalue weighted by Gasteiger charge is 2.59. The molecule has 3 saturated carbocycles. The molecule has 0 saturated heterocycles. The topological polar surface area (TPSA) is 26.3 Å². The second kappa shape index (κ2) is 9.74. The predicted molar refractivity (Wildman–Crippen MR) is 138 cm³/mol. The van der Waals surface area contributed by atoms with Gasteiger partial charge in [0.1, 0.15) is 6.10 Å². The molecular formula is C31H48O2. The molecule has 4 rings (SSSR count). The Morgan fingerprint density at radius 2 is 1.94 bits per heavy atom. The number of fused-ring (bicyclic) bond motifs is 5. The van der Waals surface area contributed by atoms with Gasteiger partial charge in [-0.25, -0.2) is 0 Å². The zero-order valence-corrected chi connectivity index (χ0v) is 22.2. The lowest BCUT2D eigenvalue weighted by atomic mass is 9.47. The van der Waals surface area contributed by atoms with Gasteiger partial charge in [0.15, 0.2) is 0 Å². The molecule has 0 aromatic rings. The first-order valence-electron chi connectivity index (χ1n) is 13.9. The Balaban J connectivity index is 1.48. The summed E-state index contributed by atoms with van der Waals surface area (Å²) >= 11 is 0. The number of hydrogen-bond acceptors (Lipinski definition) is 2. The van der Waals surface area contributed by atoms with Crippen molar-refractivity contribution in [2.75, 3.05) is 0 Å². The lowest BCUT2D eigenvalue weighted by Crippen LogP contribution is -2.51. The van der Waals surface area contributed by atoms with E-state index in [4.69, 9.17) is 4.74 Å². The zero-order chi connectivity index (χ0) is 23.8. The minimum atomic E-state index is -0.00132. The first-order chi connectivity index (χ1) is 15.7. The number of carbonyl (C=O) groups excluding carboxylic acids is 1. The van der Waals surface area contributed by atoms with Gasteiger partial charge in [-0.05, 0) is 106 Å². The van der Waals surface area contributed by atoms with Crippen LogP contribution in [-0.2, 0) is 9.53 Å². The average molecular weight is 453 g/mol. The molecule has 0 aromatic heterocycles. The molecule has 0 amide bonds. The van der Waals surface area contributed by atoms with Crippen molar-refractivity contribution in [3.63, 3.8) is 0 Å². The van der Waals surface area contributed by atoms with E-state index in [0.717, 1.165) is 42.9 Å². The molecule has 0 radical (unpaired) electrons. The summed E-state index contributed by atoms with van der Waals surface area (Å²) in [5, 5.41) is 0. The van der Waals surface area contributed by atoms with Gasteiger partial charge >= 0.3 is 5.97 Å². The van der Waals surface area contributed by atoms with Gasteiger partial charge in [-0.2, -0.15) is 0 Å². The van der Waals surface area contributed by atoms with Crippen LogP contribution in [0.5, 0.6) is 0 Å². The van der Waals surface area contributed by atoms with Crippen molar-refractivity contribution in [3.05, 3.63) is 35.5 Å². The van der Waals surface area contributed by atoms with Crippen LogP contribution in [0.4, 0.5) is 0 Å². The van der Waals surface area contributed by atoms with Crippen molar-refractivity contribution < 1.29 is 9.53 Å². The summed E-state index contributed by atoms with van der Waals surface area (Å²) in [6, 6.07) is 0. The summed E-state index contributed by atoms with van der Waals surface area (Å²) in [6.45, 7) is 14.1. The van der Waals surface area contributed by atoms with E-state index in [1.165, 1.54) is 44.1 Å². The monoisotopic (exact) mass is 452 g/mol. The van der Waals surface area contributed by atoms with E-state index in [1.807, 2.05) is 6.92 Å². The number of hydrogen-bond donors (Lipinski definition) is 0. The molecule has 0 N–H and O–H groups in total. The summed E-state index contributed by atoms with van der Waals surface area (Å²) in [6.07, 6.45) is 21.2. The van der Waals surface area contributed by atoms with Crippen LogP contribution in [0.1, 0.15) is 106 Å². The van der Waals surface area contributed by atoms with Crippen LogP contribution >= 0.6 is 0 Å². The molecule has 0 aromatic carbocycles. The van der Waals surface area contributed by atoms with E-state index in [-0.39, 0.29) is 12.1 Å². The van der Waals surface area contributed by atoms with Gasteiger partial charge in [0.05, 0.1) is 0 Å². The highest BCUT2D eigenvalue weighted by atomic mass is 16.5. The molecule has 2 nitrogen and oxygen atoms in total. The molecule has 33 heavy (non-hydrogen) atoms. The Hall–Kier alpha value is -1.31. The Labute approximate surface area is 203 Å². The Morgan fingerprint density at radius 1 is 1.15 bits per heavy atom. The maximum Gasteiger partial charge on any atom is 0.306 e. The first kappa shape index (κ1) is 24.8. The highest BCUT2D eigenvalue weighted by Crippen LogP contribution is 2.67. The van der Waals surface area contributed by atoms with Crippen molar-refractivity contribution in [2.45, 2.75) is 112 Å². The smallest absolute Gasteiger partial charge is 0.306 e. The second-order valence-electron chi connectivity index (χ2n) is 12.6. The third kappa shape index (κ3) is 4.65. The Morgan fingerprint density at radius 3 is 2.67 bits per heavy atom. The van der Waals surface area contributed by atoms with Gasteiger partial charge in [-0.15, -0.1) is 0 Å². The number of carbonyl (C=O) groups is 1. The van der Waals surface area contributed by atoms with Gasteiger partial charge in [-0.3, -0.25) is 4.79 Å². The molecule has 0 spiro atoms. The van der Waals surface area contributed by atoms with Crippen LogP contribution in [0.3, 0.4) is 0 Å². The number of allylic oxidation sites excluding steroid dienone is 5. The molecule has 4 aliphatic carbocycles. The van der Waals surface area contributed by atoms with Gasteiger partial charge in [0.2, 0.25) is 0 Å². The Kier molecular flexibility index (Phi) is 7.32. The average Bonchev–Trinajstić information content (AvgIpc) is 3.11. The van der Waals surface area contributed by atoms with Gasteiger partial charge in [0, 0.05) is 12.8 Å². The SMILES string of the molecule is CCCC(=O)O[C@@H]1CC[C@@]2(C)C(=CC[C@H]3[C@@H]4CC[C@H]([C@H](C)/C=C/C=C(C)C)[C@@]4(C)CC[C@@H]32)C1. The van der Waals surface area contributed by atoms with Crippen molar-refractivity contribution in [2.24, 2.45) is 40.4 Å². The maximum atomic E-state index is 12.1. The summed E-state index contributed by atoms with van der Waals surface area (Å²) in [7, 11) is 0. The van der Waals surface area contributed by atoms with E-state index < -0.39 is 0 Å². The maximum absolute atomic E-state index is 12.1. The molecule has 8 atom stereocenters. The standard InChI is InChI=1S/C31H48O2/c1-7-9-29(32)33-24-16-18-30(5)23(20-24)12-13-25-27-15-14-26(22(4)11-8-10-21(2)3)31(27,6)19-17-28(25)30/h8,10-12,22,24-28H,7,9,13-20H2,1-6H3/b11-8+/t22-,24-,25+,26-,27+,28+,30+,31-/m1/s1. The normalized spacial score (nSPS) is 40.9. The van der Waals surface area contributed by atoms with Crippen LogP contribution in [-0.4, -0.2) is 12.1 Å². The van der Waals surface area contributed by atoms with Gasteiger partial charge in [-0.1, -0.05) is 63.1 Å². The van der Waals surface area contributed by atoms with Crippen molar-refractivity contribution >= 4 is 5.97 Å². The van der Waals surface area contributed by atoms with E-state index in [2.05, 4.69) is 58.9 Å². The fraction of sp³-hybridized carbons (Fsp3) is 0.774. The molecule has 3 fully saturated rings. The third-order valence-corrected chi connectivity index (χ3v) is 10.4. The van der Waals surface area contributed by atoms with Crippen LogP contribution in [0.15, 0.2) is 35.5 Å². The first-order valence-corrected chi connectivity index (χ1v) is 13.9. The van der Waals surface area contributed by atoms with Crippen molar-refractivity contribution in [3.8, 4) is 0 Å². The molecule has 0 bridgehead atoms. The molecule has 0 unspecified atom stereocenters. The van der Waals surface area contributed by atoms with Gasteiger partial charge in [0.25, 0.3) is 0 Å². The van der Waals surface area contributed by atoms with E-state index >= 15 is 0 Å². The highest BCUT2D eigenvalue weighted by molar-refractivity contribution is 5.69. The zero-order valence-electron chi connectivity index (χ0n) is 22.2. The molecule has 184 valence electrons. The lowest BCUT2D eigenvalue weighted by molar-refractivity contribution is -0.151. The van der Waals surface area contributed by atoms with E-state index in [1.54, 1.807) is 5.57 Å². The quantitative estimate of drug-likeness (QED) is 0.229. The largest absolute Gasteiger partial charge is 0.462 e. The lowest BCUT2D eigenvalue weighted by Gasteiger charge is -2.58. The number of rotatable bonds is 6. The third-order valence-electron chi connectivity index (χ3n) is 10.4. The molecule has 0 heterocycles. The van der Waals surface area contributed by atoms with Crippen LogP contribution in [0.2, 0.25) is 0 Å². The fourth-order valence-corrected chi connectivity index (χ4v) is 8.64. The number of ether oxygens (including phenoxy) is 1. The molecule has 0 aliphatic heterocycles. The van der Waals surface area contributed by atoms with Crippen LogP contribution in [0, 0.1) is 40.4 Å². The van der Waals surface area contributed by atoms with Crippen LogP contribution < -0.4 is 0 Å².